The number of piperidine rings is 1. The zero-order valence-electron chi connectivity index (χ0n) is 17.5. The van der Waals surface area contributed by atoms with Gasteiger partial charge < -0.3 is 19.9 Å². The number of ether oxygens (including phenoxy) is 1. The van der Waals surface area contributed by atoms with Crippen LogP contribution < -0.4 is 10.5 Å². The van der Waals surface area contributed by atoms with Crippen molar-refractivity contribution in [2.45, 2.75) is 45.1 Å². The van der Waals surface area contributed by atoms with Crippen molar-refractivity contribution in [2.75, 3.05) is 32.5 Å². The molecule has 0 atom stereocenters. The Balaban J connectivity index is 1.50. The van der Waals surface area contributed by atoms with Crippen LogP contribution in [0.15, 0.2) is 36.5 Å². The number of nitrogen functional groups attached to an aromatic ring is 1. The Labute approximate surface area is 172 Å². The zero-order chi connectivity index (χ0) is 20.2. The van der Waals surface area contributed by atoms with Crippen molar-refractivity contribution in [3.63, 3.8) is 0 Å². The van der Waals surface area contributed by atoms with E-state index in [-0.39, 0.29) is 0 Å². The molecule has 3 heterocycles. The van der Waals surface area contributed by atoms with Gasteiger partial charge in [0.2, 0.25) is 0 Å². The van der Waals surface area contributed by atoms with E-state index in [1.807, 2.05) is 12.3 Å². The third kappa shape index (κ3) is 4.53. The molecule has 0 unspecified atom stereocenters. The molecule has 1 fully saturated rings. The van der Waals surface area contributed by atoms with Gasteiger partial charge in [0.25, 0.3) is 0 Å². The van der Waals surface area contributed by atoms with E-state index in [2.05, 4.69) is 57.7 Å². The van der Waals surface area contributed by atoms with E-state index >= 15 is 0 Å². The Morgan fingerprint density at radius 2 is 1.86 bits per heavy atom. The summed E-state index contributed by atoms with van der Waals surface area (Å²) in [7, 11) is 2.21. The molecule has 0 bridgehead atoms. The Bertz CT molecular complexity index is 942. The minimum Gasteiger partial charge on any atom is -0.463 e. The van der Waals surface area contributed by atoms with E-state index in [1.165, 1.54) is 37.1 Å². The van der Waals surface area contributed by atoms with E-state index in [4.69, 9.17) is 10.5 Å². The topological polar surface area (TPSA) is 69.2 Å². The molecule has 0 saturated carbocycles. The standard InChI is InChI=1S/C23H31N5O/c1-3-4-15-29-23-25-21(24)20-11-14-28(22(20)26-23)16-17-5-7-18(8-6-17)19-9-12-27(2)13-10-19/h5-8,11,14,19H,3-4,9-10,12-13,15-16H2,1-2H3,(H2,24,25,26). The average molecular weight is 394 g/mol. The second-order valence-electron chi connectivity index (χ2n) is 8.09. The van der Waals surface area contributed by atoms with Gasteiger partial charge in [0.15, 0.2) is 0 Å². The summed E-state index contributed by atoms with van der Waals surface area (Å²) in [5.74, 6) is 1.15. The number of likely N-dealkylation sites (tertiary alicyclic amines) is 1. The van der Waals surface area contributed by atoms with Crippen LogP contribution in [0.5, 0.6) is 6.01 Å². The first-order valence-corrected chi connectivity index (χ1v) is 10.7. The Morgan fingerprint density at radius 3 is 2.59 bits per heavy atom. The molecule has 0 spiro atoms. The number of aromatic nitrogens is 3. The lowest BCUT2D eigenvalue weighted by molar-refractivity contribution is 0.255. The molecule has 1 saturated heterocycles. The smallest absolute Gasteiger partial charge is 0.320 e. The third-order valence-electron chi connectivity index (χ3n) is 5.88. The Hall–Kier alpha value is -2.60. The predicted molar refractivity (Wildman–Crippen MR) is 117 cm³/mol. The number of nitrogens with two attached hydrogens (primary N) is 1. The highest BCUT2D eigenvalue weighted by molar-refractivity contribution is 5.86. The molecule has 29 heavy (non-hydrogen) atoms. The van der Waals surface area contributed by atoms with Gasteiger partial charge in [0.1, 0.15) is 11.5 Å². The minimum absolute atomic E-state index is 0.362. The second-order valence-corrected chi connectivity index (χ2v) is 8.09. The second kappa shape index (κ2) is 8.82. The SMILES string of the molecule is CCCCOc1nc(N)c2ccn(Cc3ccc(C4CCN(C)CC4)cc3)c2n1. The Morgan fingerprint density at radius 1 is 1.10 bits per heavy atom. The summed E-state index contributed by atoms with van der Waals surface area (Å²) >= 11 is 0. The molecule has 3 aromatic rings. The van der Waals surface area contributed by atoms with Gasteiger partial charge in [-0.3, -0.25) is 0 Å². The minimum atomic E-state index is 0.362. The number of unbranched alkanes of at least 4 members (excludes halogenated alkanes) is 1. The molecule has 0 radical (unpaired) electrons. The van der Waals surface area contributed by atoms with E-state index in [1.54, 1.807) is 0 Å². The van der Waals surface area contributed by atoms with Crippen molar-refractivity contribution in [1.82, 2.24) is 19.4 Å². The first kappa shape index (κ1) is 19.7. The maximum Gasteiger partial charge on any atom is 0.320 e. The van der Waals surface area contributed by atoms with E-state index in [0.717, 1.165) is 30.4 Å². The monoisotopic (exact) mass is 393 g/mol. The highest BCUT2D eigenvalue weighted by Crippen LogP contribution is 2.28. The van der Waals surface area contributed by atoms with E-state index < -0.39 is 0 Å². The summed E-state index contributed by atoms with van der Waals surface area (Å²) in [5, 5.41) is 0.871. The summed E-state index contributed by atoms with van der Waals surface area (Å²) in [6.07, 6.45) is 6.56. The van der Waals surface area contributed by atoms with Crippen LogP contribution in [0.2, 0.25) is 0 Å². The molecular formula is C23H31N5O. The van der Waals surface area contributed by atoms with Crippen LogP contribution in [0.3, 0.4) is 0 Å². The number of benzene rings is 1. The molecule has 2 aromatic heterocycles. The van der Waals surface area contributed by atoms with E-state index in [0.29, 0.717) is 24.4 Å². The summed E-state index contributed by atoms with van der Waals surface area (Å²) in [6, 6.07) is 11.4. The lowest BCUT2D eigenvalue weighted by Crippen LogP contribution is -2.29. The van der Waals surface area contributed by atoms with Crippen molar-refractivity contribution in [1.29, 1.82) is 0 Å². The van der Waals surface area contributed by atoms with Crippen LogP contribution in [-0.4, -0.2) is 46.2 Å². The van der Waals surface area contributed by atoms with Gasteiger partial charge in [-0.05, 0) is 62.5 Å². The average Bonchev–Trinajstić information content (AvgIpc) is 3.13. The third-order valence-corrected chi connectivity index (χ3v) is 5.88. The van der Waals surface area contributed by atoms with Crippen LogP contribution in [0, 0.1) is 0 Å². The van der Waals surface area contributed by atoms with Gasteiger partial charge in [0, 0.05) is 12.7 Å². The summed E-state index contributed by atoms with van der Waals surface area (Å²) in [5.41, 5.74) is 9.67. The molecule has 6 nitrogen and oxygen atoms in total. The molecule has 2 N–H and O–H groups in total. The molecule has 4 rings (SSSR count). The van der Waals surface area contributed by atoms with Crippen molar-refractivity contribution in [3.05, 3.63) is 47.7 Å². The number of anilines is 1. The molecule has 1 aromatic carbocycles. The van der Waals surface area contributed by atoms with Gasteiger partial charge in [-0.15, -0.1) is 0 Å². The maximum absolute atomic E-state index is 6.13. The van der Waals surface area contributed by atoms with Crippen LogP contribution in [0.1, 0.15) is 49.7 Å². The van der Waals surface area contributed by atoms with Gasteiger partial charge in [-0.2, -0.15) is 9.97 Å². The van der Waals surface area contributed by atoms with Crippen LogP contribution in [0.25, 0.3) is 11.0 Å². The summed E-state index contributed by atoms with van der Waals surface area (Å²) < 4.78 is 7.80. The molecule has 1 aliphatic rings. The first-order valence-electron chi connectivity index (χ1n) is 10.7. The molecule has 0 amide bonds. The highest BCUT2D eigenvalue weighted by Gasteiger charge is 2.18. The number of fused-ring (bicyclic) bond motifs is 1. The molecule has 1 aliphatic heterocycles. The van der Waals surface area contributed by atoms with Gasteiger partial charge in [-0.25, -0.2) is 0 Å². The van der Waals surface area contributed by atoms with Gasteiger partial charge >= 0.3 is 6.01 Å². The van der Waals surface area contributed by atoms with Gasteiger partial charge in [0.05, 0.1) is 12.0 Å². The van der Waals surface area contributed by atoms with Crippen molar-refractivity contribution < 1.29 is 4.74 Å². The molecule has 6 heteroatoms. The zero-order valence-corrected chi connectivity index (χ0v) is 17.5. The number of hydrogen-bond acceptors (Lipinski definition) is 5. The van der Waals surface area contributed by atoms with Crippen LogP contribution in [0.4, 0.5) is 5.82 Å². The molecule has 0 aliphatic carbocycles. The normalized spacial score (nSPS) is 15.8. The fraction of sp³-hybridized carbons (Fsp3) is 0.478. The molecular weight excluding hydrogens is 362 g/mol. The number of rotatable bonds is 7. The van der Waals surface area contributed by atoms with Crippen molar-refractivity contribution in [3.8, 4) is 6.01 Å². The lowest BCUT2D eigenvalue weighted by Gasteiger charge is -2.29. The van der Waals surface area contributed by atoms with Crippen LogP contribution >= 0.6 is 0 Å². The lowest BCUT2D eigenvalue weighted by atomic mass is 9.89. The van der Waals surface area contributed by atoms with Crippen molar-refractivity contribution in [2.24, 2.45) is 0 Å². The highest BCUT2D eigenvalue weighted by atomic mass is 16.5. The number of hydrogen-bond donors (Lipinski definition) is 1. The quantitative estimate of drug-likeness (QED) is 0.613. The van der Waals surface area contributed by atoms with Crippen molar-refractivity contribution >= 4 is 16.9 Å². The Kier molecular flexibility index (Phi) is 6.00. The summed E-state index contributed by atoms with van der Waals surface area (Å²) in [6.45, 7) is 5.87. The predicted octanol–water partition coefficient (Wildman–Crippen LogP) is 4.05. The fourth-order valence-electron chi connectivity index (χ4n) is 4.00. The number of nitrogens with zero attached hydrogens (tertiary/aromatic N) is 4. The van der Waals surface area contributed by atoms with E-state index in [9.17, 15) is 0 Å². The largest absolute Gasteiger partial charge is 0.463 e. The maximum atomic E-state index is 6.13. The van der Waals surface area contributed by atoms with Gasteiger partial charge in [-0.1, -0.05) is 37.6 Å². The first-order chi connectivity index (χ1) is 14.1. The fourth-order valence-corrected chi connectivity index (χ4v) is 4.00. The van der Waals surface area contributed by atoms with Crippen LogP contribution in [-0.2, 0) is 6.54 Å². The molecule has 154 valence electrons. The summed E-state index contributed by atoms with van der Waals surface area (Å²) in [4.78, 5) is 11.3.